The van der Waals surface area contributed by atoms with Gasteiger partial charge >= 0.3 is 11.9 Å². The van der Waals surface area contributed by atoms with E-state index in [1.54, 1.807) is 0 Å². The standard InChI is InChI=1S/C17H19ClFNO7S/c1-8(22)24-6-13-15(26-9(2)23)14(20)16(25-7-21)17(27-13)28-10-3-4-12(19)11(18)5-10/h3-5,7,13-17H,6,20H2,1-2H3. The molecule has 1 fully saturated rings. The Morgan fingerprint density at radius 1 is 1.32 bits per heavy atom. The number of nitrogens with two attached hydrogens (primary N) is 1. The molecule has 5 unspecified atom stereocenters. The van der Waals surface area contributed by atoms with Crippen molar-refractivity contribution in [3.8, 4) is 0 Å². The van der Waals surface area contributed by atoms with Crippen molar-refractivity contribution >= 4 is 41.8 Å². The predicted molar refractivity (Wildman–Crippen MR) is 97.0 cm³/mol. The zero-order chi connectivity index (χ0) is 20.8. The largest absolute Gasteiger partial charge is 0.463 e. The van der Waals surface area contributed by atoms with Gasteiger partial charge in [-0.1, -0.05) is 23.4 Å². The molecule has 1 aromatic rings. The highest BCUT2D eigenvalue weighted by Gasteiger charge is 2.48. The molecule has 28 heavy (non-hydrogen) atoms. The van der Waals surface area contributed by atoms with Crippen LogP contribution in [0, 0.1) is 5.82 Å². The number of benzene rings is 1. The van der Waals surface area contributed by atoms with Crippen molar-refractivity contribution in [2.75, 3.05) is 6.61 Å². The van der Waals surface area contributed by atoms with Crippen LogP contribution in [-0.2, 0) is 33.3 Å². The highest BCUT2D eigenvalue weighted by Crippen LogP contribution is 2.36. The first-order chi connectivity index (χ1) is 13.2. The summed E-state index contributed by atoms with van der Waals surface area (Å²) in [6.45, 7) is 2.38. The van der Waals surface area contributed by atoms with E-state index in [0.717, 1.165) is 11.8 Å². The lowest BCUT2D eigenvalue weighted by atomic mass is 9.97. The zero-order valence-corrected chi connectivity index (χ0v) is 16.6. The van der Waals surface area contributed by atoms with Crippen LogP contribution < -0.4 is 5.73 Å². The minimum atomic E-state index is -1.02. The molecule has 0 aromatic heterocycles. The van der Waals surface area contributed by atoms with Crippen molar-refractivity contribution in [2.45, 2.75) is 48.5 Å². The molecule has 8 nitrogen and oxygen atoms in total. The number of hydrogen-bond acceptors (Lipinski definition) is 9. The van der Waals surface area contributed by atoms with Crippen LogP contribution in [0.1, 0.15) is 13.8 Å². The Kier molecular flexibility index (Phi) is 8.05. The SMILES string of the molecule is CC(=O)OCC1OC(Sc2ccc(F)c(Cl)c2)C(OC=O)C(N)C1OC(C)=O. The molecule has 5 atom stereocenters. The Labute approximate surface area is 169 Å². The Bertz CT molecular complexity index is 737. The van der Waals surface area contributed by atoms with Gasteiger partial charge in [-0.25, -0.2) is 4.39 Å². The summed E-state index contributed by atoms with van der Waals surface area (Å²) in [6, 6.07) is 3.07. The first-order valence-electron chi connectivity index (χ1n) is 8.15. The first kappa shape index (κ1) is 22.4. The normalized spacial score (nSPS) is 27.0. The van der Waals surface area contributed by atoms with Crippen LogP contribution in [0.25, 0.3) is 0 Å². The van der Waals surface area contributed by atoms with Crippen LogP contribution >= 0.6 is 23.4 Å². The summed E-state index contributed by atoms with van der Waals surface area (Å²) in [6.07, 6.45) is -2.91. The summed E-state index contributed by atoms with van der Waals surface area (Å²) in [5, 5.41) is -0.0905. The molecule has 0 aliphatic carbocycles. The lowest BCUT2D eigenvalue weighted by Gasteiger charge is -2.43. The smallest absolute Gasteiger partial charge is 0.303 e. The van der Waals surface area contributed by atoms with Gasteiger partial charge < -0.3 is 24.7 Å². The molecule has 0 saturated carbocycles. The van der Waals surface area contributed by atoms with E-state index in [2.05, 4.69) is 0 Å². The van der Waals surface area contributed by atoms with Gasteiger partial charge in [0, 0.05) is 18.7 Å². The second-order valence-corrected chi connectivity index (χ2v) is 7.47. The number of hydrogen-bond donors (Lipinski definition) is 1. The summed E-state index contributed by atoms with van der Waals surface area (Å²) in [7, 11) is 0. The molecular formula is C17H19ClFNO7S. The molecule has 1 heterocycles. The Hall–Kier alpha value is -1.88. The van der Waals surface area contributed by atoms with Gasteiger partial charge in [0.25, 0.3) is 6.47 Å². The number of ether oxygens (including phenoxy) is 4. The van der Waals surface area contributed by atoms with E-state index < -0.39 is 47.5 Å². The Morgan fingerprint density at radius 2 is 2.04 bits per heavy atom. The van der Waals surface area contributed by atoms with E-state index in [1.807, 2.05) is 0 Å². The molecule has 11 heteroatoms. The maximum Gasteiger partial charge on any atom is 0.303 e. The topological polar surface area (TPSA) is 114 Å². The predicted octanol–water partition coefficient (Wildman–Crippen LogP) is 1.66. The Balaban J connectivity index is 2.27. The van der Waals surface area contributed by atoms with Gasteiger partial charge in [-0.15, -0.1) is 0 Å². The van der Waals surface area contributed by atoms with Gasteiger partial charge in [0.15, 0.2) is 6.10 Å². The van der Waals surface area contributed by atoms with Crippen LogP contribution in [0.4, 0.5) is 4.39 Å². The third-order valence-electron chi connectivity index (χ3n) is 3.81. The monoisotopic (exact) mass is 435 g/mol. The van der Waals surface area contributed by atoms with E-state index in [0.29, 0.717) is 4.90 Å². The van der Waals surface area contributed by atoms with E-state index >= 15 is 0 Å². The maximum absolute atomic E-state index is 13.4. The van der Waals surface area contributed by atoms with Crippen LogP contribution in [0.15, 0.2) is 23.1 Å². The zero-order valence-electron chi connectivity index (χ0n) is 15.0. The fourth-order valence-corrected chi connectivity index (χ4v) is 4.05. The highest BCUT2D eigenvalue weighted by molar-refractivity contribution is 7.99. The van der Waals surface area contributed by atoms with Crippen molar-refractivity contribution in [1.82, 2.24) is 0 Å². The number of halogens is 2. The third-order valence-corrected chi connectivity index (χ3v) is 5.24. The number of carbonyl (C=O) groups excluding carboxylic acids is 3. The molecule has 0 bridgehead atoms. The molecule has 0 spiro atoms. The van der Waals surface area contributed by atoms with E-state index in [1.165, 1.54) is 32.0 Å². The minimum Gasteiger partial charge on any atom is -0.463 e. The Morgan fingerprint density at radius 3 is 2.61 bits per heavy atom. The van der Waals surface area contributed by atoms with Gasteiger partial charge in [-0.05, 0) is 18.2 Å². The van der Waals surface area contributed by atoms with Crippen molar-refractivity contribution in [3.05, 3.63) is 29.0 Å². The van der Waals surface area contributed by atoms with Crippen LogP contribution in [0.2, 0.25) is 5.02 Å². The van der Waals surface area contributed by atoms with Crippen LogP contribution in [-0.4, -0.2) is 54.8 Å². The van der Waals surface area contributed by atoms with E-state index in [9.17, 15) is 18.8 Å². The molecule has 2 rings (SSSR count). The van der Waals surface area contributed by atoms with Gasteiger partial charge in [0.1, 0.15) is 30.1 Å². The van der Waals surface area contributed by atoms with Gasteiger partial charge in [-0.2, -0.15) is 0 Å². The molecule has 0 amide bonds. The van der Waals surface area contributed by atoms with E-state index in [-0.39, 0.29) is 18.1 Å². The third kappa shape index (κ3) is 5.81. The molecule has 1 aromatic carbocycles. The fraction of sp³-hybridized carbons (Fsp3) is 0.471. The fourth-order valence-electron chi connectivity index (χ4n) is 2.62. The number of carbonyl (C=O) groups is 3. The summed E-state index contributed by atoms with van der Waals surface area (Å²) in [5.74, 6) is -1.77. The van der Waals surface area contributed by atoms with Crippen molar-refractivity contribution in [1.29, 1.82) is 0 Å². The maximum atomic E-state index is 13.4. The molecular weight excluding hydrogens is 417 g/mol. The lowest BCUT2D eigenvalue weighted by Crippen LogP contribution is -2.63. The lowest BCUT2D eigenvalue weighted by molar-refractivity contribution is -0.197. The quantitative estimate of drug-likeness (QED) is 0.388. The number of rotatable bonds is 7. The summed E-state index contributed by atoms with van der Waals surface area (Å²) >= 11 is 6.88. The first-order valence-corrected chi connectivity index (χ1v) is 9.41. The van der Waals surface area contributed by atoms with Crippen molar-refractivity contribution in [3.63, 3.8) is 0 Å². The number of esters is 2. The summed E-state index contributed by atoms with van der Waals surface area (Å²) in [4.78, 5) is 34.1. The molecule has 2 N–H and O–H groups in total. The average Bonchev–Trinajstić information content (AvgIpc) is 2.62. The number of thioether (sulfide) groups is 1. The van der Waals surface area contributed by atoms with Gasteiger partial charge in [0.2, 0.25) is 0 Å². The molecule has 0 radical (unpaired) electrons. The molecule has 1 saturated heterocycles. The van der Waals surface area contributed by atoms with Crippen LogP contribution in [0.5, 0.6) is 0 Å². The van der Waals surface area contributed by atoms with Crippen LogP contribution in [0.3, 0.4) is 0 Å². The second-order valence-electron chi connectivity index (χ2n) is 5.89. The molecule has 1 aliphatic rings. The molecule has 1 aliphatic heterocycles. The van der Waals surface area contributed by atoms with Crippen molar-refractivity contribution in [2.24, 2.45) is 5.73 Å². The van der Waals surface area contributed by atoms with Crippen molar-refractivity contribution < 1.29 is 37.7 Å². The second kappa shape index (κ2) is 10.1. The highest BCUT2D eigenvalue weighted by atomic mass is 35.5. The minimum absolute atomic E-state index is 0.0905. The average molecular weight is 436 g/mol. The van der Waals surface area contributed by atoms with Gasteiger partial charge in [0.05, 0.1) is 11.1 Å². The van der Waals surface area contributed by atoms with Gasteiger partial charge in [-0.3, -0.25) is 14.4 Å². The summed E-state index contributed by atoms with van der Waals surface area (Å²) < 4.78 is 34.5. The van der Waals surface area contributed by atoms with E-state index in [4.69, 9.17) is 36.3 Å². The molecule has 154 valence electrons. The summed E-state index contributed by atoms with van der Waals surface area (Å²) in [5.41, 5.74) is 5.32.